The fraction of sp³-hybridized carbons (Fsp3) is 0.500. The first kappa shape index (κ1) is 19.7. The maximum atomic E-state index is 13.8. The molecule has 148 valence electrons. The Hall–Kier alpha value is -1.65. The lowest BCUT2D eigenvalue weighted by molar-refractivity contribution is -0.939. The predicted octanol–water partition coefficient (Wildman–Crippen LogP) is 2.98. The van der Waals surface area contributed by atoms with Crippen molar-refractivity contribution in [1.29, 1.82) is 0 Å². The zero-order valence-electron chi connectivity index (χ0n) is 16.1. The van der Waals surface area contributed by atoms with Crippen LogP contribution in [0.5, 0.6) is 0 Å². The zero-order chi connectivity index (χ0) is 19.6. The smallest absolute Gasteiger partial charge is 0.306 e. The van der Waals surface area contributed by atoms with Crippen LogP contribution < -0.4 is 5.11 Å². The molecule has 28 heavy (non-hydrogen) atoms. The second-order valence-corrected chi connectivity index (χ2v) is 9.65. The van der Waals surface area contributed by atoms with Crippen molar-refractivity contribution in [3.8, 4) is 11.8 Å². The molecule has 0 aromatic carbocycles. The molecule has 3 aliphatic rings. The molecule has 3 aliphatic heterocycles. The van der Waals surface area contributed by atoms with Crippen LogP contribution in [-0.4, -0.2) is 42.7 Å². The number of hydrogen-bond donors (Lipinski definition) is 0. The Morgan fingerprint density at radius 1 is 1.21 bits per heavy atom. The zero-order valence-corrected chi connectivity index (χ0v) is 17.7. The van der Waals surface area contributed by atoms with Crippen molar-refractivity contribution in [3.63, 3.8) is 0 Å². The third-order valence-electron chi connectivity index (χ3n) is 6.04. The van der Waals surface area contributed by atoms with Crippen LogP contribution in [0.25, 0.3) is 0 Å². The molecule has 1 unspecified atom stereocenters. The van der Waals surface area contributed by atoms with E-state index in [4.69, 9.17) is 4.74 Å². The molecule has 3 saturated heterocycles. The molecule has 0 aliphatic carbocycles. The van der Waals surface area contributed by atoms with Crippen LogP contribution in [0, 0.1) is 17.8 Å². The van der Waals surface area contributed by atoms with Crippen molar-refractivity contribution in [2.45, 2.75) is 37.9 Å². The minimum Gasteiger partial charge on any atom is -0.833 e. The monoisotopic (exact) mass is 415 g/mol. The van der Waals surface area contributed by atoms with E-state index in [2.05, 4.69) is 18.8 Å². The normalized spacial score (nSPS) is 26.5. The number of piperidine rings is 3. The third kappa shape index (κ3) is 3.53. The summed E-state index contributed by atoms with van der Waals surface area (Å²) in [5, 5.41) is 17.5. The van der Waals surface area contributed by atoms with E-state index in [-0.39, 0.29) is 6.10 Å². The average molecular weight is 416 g/mol. The average Bonchev–Trinajstić information content (AvgIpc) is 3.43. The number of rotatable bonds is 5. The topological polar surface area (TPSA) is 49.4 Å². The number of esters is 1. The Morgan fingerprint density at radius 3 is 2.39 bits per heavy atom. The quantitative estimate of drug-likeness (QED) is 0.429. The first-order chi connectivity index (χ1) is 13.6. The highest BCUT2D eigenvalue weighted by Gasteiger charge is 2.48. The molecule has 1 atom stereocenters. The molecule has 0 radical (unpaired) electrons. The van der Waals surface area contributed by atoms with Crippen LogP contribution in [0.15, 0.2) is 35.0 Å². The van der Waals surface area contributed by atoms with E-state index in [0.29, 0.717) is 15.7 Å². The van der Waals surface area contributed by atoms with Gasteiger partial charge in [-0.05, 0) is 28.8 Å². The molecular weight excluding hydrogens is 390 g/mol. The van der Waals surface area contributed by atoms with E-state index >= 15 is 0 Å². The van der Waals surface area contributed by atoms with Gasteiger partial charge in [0.15, 0.2) is 6.10 Å². The first-order valence-corrected chi connectivity index (χ1v) is 11.6. The van der Waals surface area contributed by atoms with Gasteiger partial charge in [-0.3, -0.25) is 4.79 Å². The molecule has 0 N–H and O–H groups in total. The van der Waals surface area contributed by atoms with E-state index in [0.717, 1.165) is 49.9 Å². The number of ether oxygens (including phenoxy) is 1. The Labute approximate surface area is 174 Å². The molecule has 5 heterocycles. The van der Waals surface area contributed by atoms with Gasteiger partial charge < -0.3 is 14.3 Å². The van der Waals surface area contributed by atoms with Crippen LogP contribution in [0.1, 0.15) is 35.9 Å². The number of nitrogens with zero attached hydrogens (tertiary/aromatic N) is 1. The molecule has 0 saturated carbocycles. The molecule has 2 aromatic rings. The summed E-state index contributed by atoms with van der Waals surface area (Å²) >= 11 is 2.64. The molecule has 0 amide bonds. The van der Waals surface area contributed by atoms with Crippen molar-refractivity contribution in [2.75, 3.05) is 26.2 Å². The van der Waals surface area contributed by atoms with Crippen molar-refractivity contribution >= 4 is 28.6 Å². The van der Waals surface area contributed by atoms with Crippen LogP contribution in [0.2, 0.25) is 0 Å². The van der Waals surface area contributed by atoms with Gasteiger partial charge in [0, 0.05) is 34.9 Å². The van der Waals surface area contributed by atoms with Gasteiger partial charge in [-0.25, -0.2) is 0 Å². The van der Waals surface area contributed by atoms with Crippen molar-refractivity contribution < 1.29 is 19.1 Å². The minimum atomic E-state index is -1.97. The summed E-state index contributed by atoms with van der Waals surface area (Å²) in [5.41, 5.74) is -1.97. The highest BCUT2D eigenvalue weighted by molar-refractivity contribution is 7.12. The number of hydrogen-bond acceptors (Lipinski definition) is 5. The minimum absolute atomic E-state index is 0.188. The van der Waals surface area contributed by atoms with E-state index in [1.807, 2.05) is 22.9 Å². The summed E-state index contributed by atoms with van der Waals surface area (Å²) in [4.78, 5) is 14.2. The van der Waals surface area contributed by atoms with Gasteiger partial charge in [0.1, 0.15) is 13.1 Å². The van der Waals surface area contributed by atoms with E-state index in [1.165, 1.54) is 22.7 Å². The SMILES string of the molecule is CCC#CC[N+]12CCC(CC1)C(OC(=O)C([O-])(c1cccs1)c1cccs1)C2. The molecule has 2 bridgehead atoms. The van der Waals surface area contributed by atoms with E-state index < -0.39 is 11.6 Å². The summed E-state index contributed by atoms with van der Waals surface area (Å²) in [5.74, 6) is 6.16. The Balaban J connectivity index is 1.55. The third-order valence-corrected chi connectivity index (χ3v) is 7.98. The molecule has 3 fully saturated rings. The summed E-state index contributed by atoms with van der Waals surface area (Å²) in [6.45, 7) is 5.83. The van der Waals surface area contributed by atoms with Crippen molar-refractivity contribution in [2.24, 2.45) is 5.92 Å². The first-order valence-electron chi connectivity index (χ1n) is 9.88. The lowest BCUT2D eigenvalue weighted by atomic mass is 9.83. The number of fused-ring (bicyclic) bond motifs is 3. The highest BCUT2D eigenvalue weighted by atomic mass is 32.1. The second kappa shape index (κ2) is 8.00. The van der Waals surface area contributed by atoms with Crippen LogP contribution >= 0.6 is 22.7 Å². The van der Waals surface area contributed by atoms with E-state index in [9.17, 15) is 9.90 Å². The van der Waals surface area contributed by atoms with Gasteiger partial charge in [0.25, 0.3) is 0 Å². The highest BCUT2D eigenvalue weighted by Crippen LogP contribution is 2.39. The largest absolute Gasteiger partial charge is 0.833 e. The van der Waals surface area contributed by atoms with Gasteiger partial charge in [-0.1, -0.05) is 25.0 Å². The number of thiophene rings is 2. The summed E-state index contributed by atoms with van der Waals surface area (Å²) in [6, 6.07) is 7.11. The molecular formula is C22H25NO3S2. The van der Waals surface area contributed by atoms with Gasteiger partial charge >= 0.3 is 5.97 Å². The number of carbonyl (C=O) groups is 1. The predicted molar refractivity (Wildman–Crippen MR) is 110 cm³/mol. The van der Waals surface area contributed by atoms with Gasteiger partial charge in [-0.2, -0.15) is 0 Å². The lowest BCUT2D eigenvalue weighted by Gasteiger charge is -2.51. The molecule has 2 aromatic heterocycles. The van der Waals surface area contributed by atoms with Crippen molar-refractivity contribution in [1.82, 2.24) is 0 Å². The fourth-order valence-electron chi connectivity index (χ4n) is 4.43. The summed E-state index contributed by atoms with van der Waals surface area (Å²) < 4.78 is 6.86. The maximum absolute atomic E-state index is 13.8. The summed E-state index contributed by atoms with van der Waals surface area (Å²) in [7, 11) is 0. The number of carbonyl (C=O) groups excluding carboxylic acids is 1. The van der Waals surface area contributed by atoms with E-state index in [1.54, 1.807) is 12.1 Å². The summed E-state index contributed by atoms with van der Waals surface area (Å²) in [6.07, 6.45) is 2.75. The molecule has 0 spiro atoms. The maximum Gasteiger partial charge on any atom is 0.306 e. The standard InChI is InChI=1S/C22H25NO3S2/c1-2-3-4-11-23-12-9-17(10-13-23)18(16-23)26-21(24)22(25,19-7-5-14-27-19)20-8-6-15-28-20/h5-8,14-15,17-18H,2,9-13,16H2,1H3. The number of quaternary nitrogens is 1. The lowest BCUT2D eigenvalue weighted by Crippen LogP contribution is -2.65. The van der Waals surface area contributed by atoms with Gasteiger partial charge in [0.2, 0.25) is 0 Å². The fourth-order valence-corrected chi connectivity index (χ4v) is 6.13. The van der Waals surface area contributed by atoms with Gasteiger partial charge in [0.05, 0.1) is 18.7 Å². The van der Waals surface area contributed by atoms with Crippen LogP contribution in [0.4, 0.5) is 0 Å². The molecule has 4 nitrogen and oxygen atoms in total. The van der Waals surface area contributed by atoms with Gasteiger partial charge in [-0.15, -0.1) is 22.7 Å². The Morgan fingerprint density at radius 2 is 1.86 bits per heavy atom. The van der Waals surface area contributed by atoms with Crippen LogP contribution in [-0.2, 0) is 15.1 Å². The molecule has 5 rings (SSSR count). The Bertz CT molecular complexity index is 821. The van der Waals surface area contributed by atoms with Crippen molar-refractivity contribution in [3.05, 3.63) is 44.8 Å². The second-order valence-electron chi connectivity index (χ2n) is 7.75. The Kier molecular flexibility index (Phi) is 5.62. The molecule has 6 heteroatoms. The van der Waals surface area contributed by atoms with Crippen LogP contribution in [0.3, 0.4) is 0 Å².